The van der Waals surface area contributed by atoms with Gasteiger partial charge in [-0.2, -0.15) is 0 Å². The largest absolute Gasteiger partial charge is 0.493 e. The van der Waals surface area contributed by atoms with Crippen molar-refractivity contribution in [3.63, 3.8) is 0 Å². The van der Waals surface area contributed by atoms with Gasteiger partial charge in [-0.25, -0.2) is 0 Å². The van der Waals surface area contributed by atoms with Crippen LogP contribution in [0.5, 0.6) is 11.5 Å². The van der Waals surface area contributed by atoms with Crippen molar-refractivity contribution in [2.24, 2.45) is 5.92 Å². The van der Waals surface area contributed by atoms with E-state index in [9.17, 15) is 0 Å². The first kappa shape index (κ1) is 11.7. The van der Waals surface area contributed by atoms with Crippen molar-refractivity contribution in [3.05, 3.63) is 18.2 Å². The van der Waals surface area contributed by atoms with E-state index < -0.39 is 0 Å². The monoisotopic (exact) mass is 209 g/mol. The highest BCUT2D eigenvalue weighted by Crippen LogP contribution is 2.27. The van der Waals surface area contributed by atoms with Crippen molar-refractivity contribution >= 4 is 5.69 Å². The number of benzene rings is 1. The summed E-state index contributed by atoms with van der Waals surface area (Å²) in [4.78, 5) is 0. The zero-order valence-corrected chi connectivity index (χ0v) is 9.62. The molecule has 1 aromatic rings. The van der Waals surface area contributed by atoms with Crippen LogP contribution >= 0.6 is 0 Å². The van der Waals surface area contributed by atoms with Crippen molar-refractivity contribution in [2.75, 3.05) is 18.9 Å². The minimum Gasteiger partial charge on any atom is -0.493 e. The molecule has 0 spiro atoms. The summed E-state index contributed by atoms with van der Waals surface area (Å²) in [6.45, 7) is 7.47. The molecule has 1 rings (SSSR count). The molecule has 0 aliphatic rings. The van der Waals surface area contributed by atoms with E-state index in [0.717, 1.165) is 5.75 Å². The summed E-state index contributed by atoms with van der Waals surface area (Å²) in [7, 11) is 0. The lowest BCUT2D eigenvalue weighted by Crippen LogP contribution is -2.05. The molecule has 0 aliphatic heterocycles. The fourth-order valence-corrected chi connectivity index (χ4v) is 1.15. The van der Waals surface area contributed by atoms with Crippen molar-refractivity contribution in [3.8, 4) is 11.5 Å². The normalized spacial score (nSPS) is 10.4. The van der Waals surface area contributed by atoms with E-state index in [1.807, 2.05) is 19.1 Å². The second-order valence-electron chi connectivity index (χ2n) is 3.84. The van der Waals surface area contributed by atoms with Gasteiger partial charge in [0.1, 0.15) is 11.5 Å². The lowest BCUT2D eigenvalue weighted by Gasteiger charge is -2.11. The van der Waals surface area contributed by atoms with Crippen molar-refractivity contribution in [1.29, 1.82) is 0 Å². The molecule has 0 aromatic heterocycles. The van der Waals surface area contributed by atoms with Gasteiger partial charge in [0.25, 0.3) is 0 Å². The molecule has 0 atom stereocenters. The Labute approximate surface area is 91.2 Å². The maximum absolute atomic E-state index is 5.75. The Hall–Kier alpha value is -1.38. The molecule has 0 amide bonds. The first-order valence-electron chi connectivity index (χ1n) is 5.28. The Morgan fingerprint density at radius 1 is 1.27 bits per heavy atom. The Morgan fingerprint density at radius 2 is 2.00 bits per heavy atom. The van der Waals surface area contributed by atoms with Crippen molar-refractivity contribution in [2.45, 2.75) is 20.8 Å². The third kappa shape index (κ3) is 3.70. The van der Waals surface area contributed by atoms with Crippen LogP contribution in [0.15, 0.2) is 18.2 Å². The highest BCUT2D eigenvalue weighted by atomic mass is 16.5. The van der Waals surface area contributed by atoms with E-state index >= 15 is 0 Å². The molecule has 0 aliphatic carbocycles. The molecule has 0 radical (unpaired) electrons. The summed E-state index contributed by atoms with van der Waals surface area (Å²) in [5.41, 5.74) is 6.40. The molecule has 1 aromatic carbocycles. The second kappa shape index (κ2) is 5.49. The summed E-state index contributed by atoms with van der Waals surface area (Å²) in [6.07, 6.45) is 0. The molecule has 0 heterocycles. The van der Waals surface area contributed by atoms with Gasteiger partial charge >= 0.3 is 0 Å². The lowest BCUT2D eigenvalue weighted by molar-refractivity contribution is 0.268. The van der Waals surface area contributed by atoms with Gasteiger partial charge < -0.3 is 15.2 Å². The van der Waals surface area contributed by atoms with Gasteiger partial charge in [0.05, 0.1) is 18.9 Å². The molecule has 0 bridgehead atoms. The number of anilines is 1. The Kier molecular flexibility index (Phi) is 4.28. The van der Waals surface area contributed by atoms with E-state index in [4.69, 9.17) is 15.2 Å². The van der Waals surface area contributed by atoms with E-state index in [-0.39, 0.29) is 0 Å². The highest BCUT2D eigenvalue weighted by molar-refractivity contribution is 5.55. The third-order valence-electron chi connectivity index (χ3n) is 1.87. The van der Waals surface area contributed by atoms with Crippen LogP contribution in [0.4, 0.5) is 5.69 Å². The predicted molar refractivity (Wildman–Crippen MR) is 62.4 cm³/mol. The van der Waals surface area contributed by atoms with Gasteiger partial charge in [-0.1, -0.05) is 13.8 Å². The quantitative estimate of drug-likeness (QED) is 0.758. The Bertz CT molecular complexity index is 310. The van der Waals surface area contributed by atoms with Crippen molar-refractivity contribution < 1.29 is 9.47 Å². The third-order valence-corrected chi connectivity index (χ3v) is 1.87. The van der Waals surface area contributed by atoms with E-state index in [1.54, 1.807) is 6.07 Å². The minimum absolute atomic E-state index is 0.512. The zero-order chi connectivity index (χ0) is 11.3. The first-order valence-corrected chi connectivity index (χ1v) is 5.28. The van der Waals surface area contributed by atoms with Gasteiger partial charge in [0, 0.05) is 6.07 Å². The number of hydrogen-bond acceptors (Lipinski definition) is 3. The number of nitrogens with two attached hydrogens (primary N) is 1. The second-order valence-corrected chi connectivity index (χ2v) is 3.84. The molecule has 84 valence electrons. The molecule has 0 saturated carbocycles. The maximum atomic E-state index is 5.75. The average Bonchev–Trinajstić information content (AvgIpc) is 2.19. The predicted octanol–water partition coefficient (Wildman–Crippen LogP) is 2.70. The van der Waals surface area contributed by atoms with Gasteiger partial charge in [-0.3, -0.25) is 0 Å². The Balaban J connectivity index is 2.69. The summed E-state index contributed by atoms with van der Waals surface area (Å²) in [5, 5.41) is 0. The van der Waals surface area contributed by atoms with Gasteiger partial charge in [-0.15, -0.1) is 0 Å². The molecular formula is C12H19NO2. The van der Waals surface area contributed by atoms with Crippen LogP contribution in [0.2, 0.25) is 0 Å². The molecule has 0 unspecified atom stereocenters. The van der Waals surface area contributed by atoms with Crippen LogP contribution in [-0.4, -0.2) is 13.2 Å². The van der Waals surface area contributed by atoms with Crippen LogP contribution in [0.1, 0.15) is 20.8 Å². The molecule has 3 nitrogen and oxygen atoms in total. The van der Waals surface area contributed by atoms with Crippen molar-refractivity contribution in [1.82, 2.24) is 0 Å². The number of hydrogen-bond donors (Lipinski definition) is 1. The summed E-state index contributed by atoms with van der Waals surface area (Å²) >= 11 is 0. The standard InChI is InChI=1S/C12H19NO2/c1-4-14-12-7-10(5-6-11(12)13)15-8-9(2)3/h5-7,9H,4,8,13H2,1-3H3. The fraction of sp³-hybridized carbons (Fsp3) is 0.500. The topological polar surface area (TPSA) is 44.5 Å². The molecule has 2 N–H and O–H groups in total. The summed E-state index contributed by atoms with van der Waals surface area (Å²) in [6, 6.07) is 5.50. The number of nitrogen functional groups attached to an aromatic ring is 1. The van der Waals surface area contributed by atoms with Crippen LogP contribution < -0.4 is 15.2 Å². The van der Waals surface area contributed by atoms with Crippen LogP contribution in [-0.2, 0) is 0 Å². The molecule has 0 saturated heterocycles. The SMILES string of the molecule is CCOc1cc(OCC(C)C)ccc1N. The fourth-order valence-electron chi connectivity index (χ4n) is 1.15. The number of rotatable bonds is 5. The highest BCUT2D eigenvalue weighted by Gasteiger charge is 2.03. The average molecular weight is 209 g/mol. The van der Waals surface area contributed by atoms with Gasteiger partial charge in [0.2, 0.25) is 0 Å². The summed E-state index contributed by atoms with van der Waals surface area (Å²) < 4.78 is 11.0. The van der Waals surface area contributed by atoms with Crippen LogP contribution in [0, 0.1) is 5.92 Å². The Morgan fingerprint density at radius 3 is 2.60 bits per heavy atom. The van der Waals surface area contributed by atoms with Crippen LogP contribution in [0.25, 0.3) is 0 Å². The number of ether oxygens (including phenoxy) is 2. The molecular weight excluding hydrogens is 190 g/mol. The van der Waals surface area contributed by atoms with E-state index in [1.165, 1.54) is 0 Å². The van der Waals surface area contributed by atoms with Gasteiger partial charge in [-0.05, 0) is 25.0 Å². The van der Waals surface area contributed by atoms with E-state index in [2.05, 4.69) is 13.8 Å². The first-order chi connectivity index (χ1) is 7.13. The maximum Gasteiger partial charge on any atom is 0.145 e. The zero-order valence-electron chi connectivity index (χ0n) is 9.62. The smallest absolute Gasteiger partial charge is 0.145 e. The lowest BCUT2D eigenvalue weighted by atomic mass is 10.2. The van der Waals surface area contributed by atoms with Crippen LogP contribution in [0.3, 0.4) is 0 Å². The van der Waals surface area contributed by atoms with E-state index in [0.29, 0.717) is 30.6 Å². The molecule has 3 heteroatoms. The molecule has 15 heavy (non-hydrogen) atoms. The minimum atomic E-state index is 0.512. The summed E-state index contributed by atoms with van der Waals surface area (Å²) in [5.74, 6) is 2.01. The molecule has 0 fully saturated rings. The van der Waals surface area contributed by atoms with Gasteiger partial charge in [0.15, 0.2) is 0 Å².